The zero-order valence-corrected chi connectivity index (χ0v) is 14.6. The van der Waals surface area contributed by atoms with Gasteiger partial charge in [-0.1, -0.05) is 19.1 Å². The van der Waals surface area contributed by atoms with Gasteiger partial charge in [0.15, 0.2) is 5.82 Å². The van der Waals surface area contributed by atoms with Crippen molar-refractivity contribution in [3.63, 3.8) is 0 Å². The lowest BCUT2D eigenvalue weighted by Crippen LogP contribution is -2.51. The third kappa shape index (κ3) is 3.01. The number of hydrogen-bond acceptors (Lipinski definition) is 4. The molecule has 0 radical (unpaired) electrons. The molecule has 2 aliphatic rings. The molecular weight excluding hydrogens is 316 g/mol. The van der Waals surface area contributed by atoms with Crippen LogP contribution in [0.15, 0.2) is 29.1 Å². The van der Waals surface area contributed by atoms with E-state index in [4.69, 9.17) is 0 Å². The standard InChI is InChI=1S/C19H24N4O2/c1-2-9-23-16-6-4-3-5-15(16)20-17(19(23)25)21-10-12-22(13-11-21)18(24)14-7-8-14/h3-6,14H,2,7-13H2,1H3. The Balaban J connectivity index is 1.62. The molecule has 25 heavy (non-hydrogen) atoms. The van der Waals surface area contributed by atoms with Gasteiger partial charge in [0.2, 0.25) is 5.91 Å². The summed E-state index contributed by atoms with van der Waals surface area (Å²) in [6, 6.07) is 7.80. The molecule has 1 amide bonds. The molecule has 6 heteroatoms. The van der Waals surface area contributed by atoms with Gasteiger partial charge in [0.25, 0.3) is 5.56 Å². The predicted octanol–water partition coefficient (Wildman–Crippen LogP) is 1.87. The summed E-state index contributed by atoms with van der Waals surface area (Å²) in [6.45, 7) is 5.46. The number of para-hydroxylation sites is 2. The number of piperazine rings is 1. The first-order valence-electron chi connectivity index (χ1n) is 9.22. The van der Waals surface area contributed by atoms with E-state index >= 15 is 0 Å². The van der Waals surface area contributed by atoms with Crippen LogP contribution in [0.2, 0.25) is 0 Å². The van der Waals surface area contributed by atoms with Gasteiger partial charge in [-0.25, -0.2) is 4.98 Å². The van der Waals surface area contributed by atoms with Crippen LogP contribution in [0.1, 0.15) is 26.2 Å². The average Bonchev–Trinajstić information content (AvgIpc) is 3.49. The van der Waals surface area contributed by atoms with E-state index in [1.54, 1.807) is 0 Å². The van der Waals surface area contributed by atoms with Crippen molar-refractivity contribution in [2.24, 2.45) is 5.92 Å². The molecule has 0 N–H and O–H groups in total. The largest absolute Gasteiger partial charge is 0.348 e. The first-order valence-corrected chi connectivity index (χ1v) is 9.22. The molecule has 1 aromatic heterocycles. The molecule has 132 valence electrons. The van der Waals surface area contributed by atoms with Crippen LogP contribution in [-0.2, 0) is 11.3 Å². The topological polar surface area (TPSA) is 58.4 Å². The summed E-state index contributed by atoms with van der Waals surface area (Å²) >= 11 is 0. The molecule has 0 unspecified atom stereocenters. The molecule has 6 nitrogen and oxygen atoms in total. The van der Waals surface area contributed by atoms with Gasteiger partial charge in [0.1, 0.15) is 0 Å². The van der Waals surface area contributed by atoms with E-state index in [1.165, 1.54) is 0 Å². The van der Waals surface area contributed by atoms with Gasteiger partial charge in [0.05, 0.1) is 11.0 Å². The fraction of sp³-hybridized carbons (Fsp3) is 0.526. The van der Waals surface area contributed by atoms with Crippen molar-refractivity contribution in [2.75, 3.05) is 31.1 Å². The number of nitrogens with zero attached hydrogens (tertiary/aromatic N) is 4. The Hall–Kier alpha value is -2.37. The fourth-order valence-corrected chi connectivity index (χ4v) is 3.56. The molecule has 1 aromatic carbocycles. The molecule has 0 bridgehead atoms. The predicted molar refractivity (Wildman–Crippen MR) is 97.8 cm³/mol. The molecule has 1 aliphatic heterocycles. The number of benzene rings is 1. The smallest absolute Gasteiger partial charge is 0.294 e. The Morgan fingerprint density at radius 1 is 1.16 bits per heavy atom. The Morgan fingerprint density at radius 3 is 2.56 bits per heavy atom. The van der Waals surface area contributed by atoms with Crippen LogP contribution in [0.3, 0.4) is 0 Å². The Morgan fingerprint density at radius 2 is 1.88 bits per heavy atom. The molecule has 2 aromatic rings. The third-order valence-electron chi connectivity index (χ3n) is 5.10. The van der Waals surface area contributed by atoms with Crippen LogP contribution in [0.5, 0.6) is 0 Å². The zero-order chi connectivity index (χ0) is 17.4. The number of fused-ring (bicyclic) bond motifs is 1. The van der Waals surface area contributed by atoms with Crippen LogP contribution < -0.4 is 10.5 Å². The molecular formula is C19H24N4O2. The third-order valence-corrected chi connectivity index (χ3v) is 5.10. The first-order chi connectivity index (χ1) is 12.2. The summed E-state index contributed by atoms with van der Waals surface area (Å²) in [4.78, 5) is 33.8. The number of amides is 1. The highest BCUT2D eigenvalue weighted by Crippen LogP contribution is 2.31. The second-order valence-corrected chi connectivity index (χ2v) is 6.97. The van der Waals surface area contributed by atoms with E-state index < -0.39 is 0 Å². The lowest BCUT2D eigenvalue weighted by molar-refractivity contribution is -0.132. The normalized spacial score (nSPS) is 18.0. The monoisotopic (exact) mass is 340 g/mol. The van der Waals surface area contributed by atoms with Gasteiger partial charge in [-0.15, -0.1) is 0 Å². The van der Waals surface area contributed by atoms with Crippen molar-refractivity contribution < 1.29 is 4.79 Å². The van der Waals surface area contributed by atoms with Crippen LogP contribution in [-0.4, -0.2) is 46.5 Å². The molecule has 2 heterocycles. The fourth-order valence-electron chi connectivity index (χ4n) is 3.56. The van der Waals surface area contributed by atoms with Gasteiger partial charge < -0.3 is 14.4 Å². The summed E-state index contributed by atoms with van der Waals surface area (Å²) in [6.07, 6.45) is 2.97. The van der Waals surface area contributed by atoms with Crippen molar-refractivity contribution in [1.82, 2.24) is 14.5 Å². The minimum atomic E-state index is -0.0254. The summed E-state index contributed by atoms with van der Waals surface area (Å²) in [5, 5.41) is 0. The van der Waals surface area contributed by atoms with Crippen LogP contribution in [0.4, 0.5) is 5.82 Å². The Labute approximate surface area is 147 Å². The van der Waals surface area contributed by atoms with Crippen molar-refractivity contribution >= 4 is 22.8 Å². The van der Waals surface area contributed by atoms with Gasteiger partial charge in [0, 0.05) is 38.6 Å². The highest BCUT2D eigenvalue weighted by molar-refractivity contribution is 5.81. The van der Waals surface area contributed by atoms with Crippen LogP contribution in [0.25, 0.3) is 11.0 Å². The van der Waals surface area contributed by atoms with Gasteiger partial charge >= 0.3 is 0 Å². The Bertz CT molecular complexity index is 848. The summed E-state index contributed by atoms with van der Waals surface area (Å²) in [5.74, 6) is 1.06. The van der Waals surface area contributed by atoms with Gasteiger partial charge in [-0.05, 0) is 31.4 Å². The van der Waals surface area contributed by atoms with E-state index in [0.29, 0.717) is 38.5 Å². The quantitative estimate of drug-likeness (QED) is 0.852. The molecule has 2 fully saturated rings. The number of aromatic nitrogens is 2. The van der Waals surface area contributed by atoms with E-state index in [0.717, 1.165) is 30.3 Å². The van der Waals surface area contributed by atoms with Crippen LogP contribution >= 0.6 is 0 Å². The number of hydrogen-bond donors (Lipinski definition) is 0. The second-order valence-electron chi connectivity index (χ2n) is 6.97. The molecule has 1 saturated carbocycles. The maximum atomic E-state index is 13.0. The van der Waals surface area contributed by atoms with Crippen molar-refractivity contribution in [3.05, 3.63) is 34.6 Å². The zero-order valence-electron chi connectivity index (χ0n) is 14.6. The lowest BCUT2D eigenvalue weighted by Gasteiger charge is -2.35. The average molecular weight is 340 g/mol. The lowest BCUT2D eigenvalue weighted by atomic mass is 10.2. The van der Waals surface area contributed by atoms with E-state index in [2.05, 4.69) is 11.9 Å². The summed E-state index contributed by atoms with van der Waals surface area (Å²) in [7, 11) is 0. The van der Waals surface area contributed by atoms with Gasteiger partial charge in [-0.2, -0.15) is 0 Å². The molecule has 1 aliphatic carbocycles. The second kappa shape index (κ2) is 6.50. The maximum Gasteiger partial charge on any atom is 0.294 e. The van der Waals surface area contributed by atoms with E-state index in [9.17, 15) is 9.59 Å². The van der Waals surface area contributed by atoms with E-state index in [1.807, 2.05) is 38.6 Å². The number of aryl methyl sites for hydroxylation is 1. The Kier molecular flexibility index (Phi) is 4.19. The maximum absolute atomic E-state index is 13.0. The minimum absolute atomic E-state index is 0.0254. The highest BCUT2D eigenvalue weighted by Gasteiger charge is 2.35. The number of anilines is 1. The first kappa shape index (κ1) is 16.1. The van der Waals surface area contributed by atoms with Crippen molar-refractivity contribution in [2.45, 2.75) is 32.7 Å². The van der Waals surface area contributed by atoms with Crippen molar-refractivity contribution in [1.29, 1.82) is 0 Å². The van der Waals surface area contributed by atoms with Gasteiger partial charge in [-0.3, -0.25) is 9.59 Å². The summed E-state index contributed by atoms with van der Waals surface area (Å²) < 4.78 is 1.83. The molecule has 0 spiro atoms. The molecule has 0 atom stereocenters. The van der Waals surface area contributed by atoms with Crippen molar-refractivity contribution in [3.8, 4) is 0 Å². The molecule has 4 rings (SSSR count). The SMILES string of the molecule is CCCn1c(=O)c(N2CCN(C(=O)C3CC3)CC2)nc2ccccc21. The minimum Gasteiger partial charge on any atom is -0.348 e. The summed E-state index contributed by atoms with van der Waals surface area (Å²) in [5.41, 5.74) is 1.71. The van der Waals surface area contributed by atoms with E-state index in [-0.39, 0.29) is 17.4 Å². The molecule has 1 saturated heterocycles. The number of rotatable bonds is 4. The number of carbonyl (C=O) groups is 1. The highest BCUT2D eigenvalue weighted by atomic mass is 16.2. The number of carbonyl (C=O) groups excluding carboxylic acids is 1. The van der Waals surface area contributed by atoms with Crippen LogP contribution in [0, 0.1) is 5.92 Å².